The molecule has 0 fully saturated rings. The number of hydrogen-bond donors (Lipinski definition) is 2. The van der Waals surface area contributed by atoms with E-state index in [-0.39, 0.29) is 13.2 Å². The van der Waals surface area contributed by atoms with Gasteiger partial charge in [-0.2, -0.15) is 0 Å². The average Bonchev–Trinajstić information content (AvgIpc) is 2.04. The number of hydrogen-bond acceptors (Lipinski definition) is 4. The molecule has 0 aromatic heterocycles. The molecule has 7 heteroatoms. The van der Waals surface area contributed by atoms with Gasteiger partial charge in [0.2, 0.25) is 5.12 Å². The van der Waals surface area contributed by atoms with Crippen molar-refractivity contribution in [2.45, 2.75) is 18.5 Å². The number of aliphatic hydroxyl groups is 1. The van der Waals surface area contributed by atoms with E-state index >= 15 is 0 Å². The minimum Gasteiger partial charge on any atom is -0.396 e. The quantitative estimate of drug-likeness (QED) is 0.390. The van der Waals surface area contributed by atoms with Gasteiger partial charge in [0.25, 0.3) is 0 Å². The van der Waals surface area contributed by atoms with Crippen molar-refractivity contribution in [3.8, 4) is 0 Å². The van der Waals surface area contributed by atoms with Gasteiger partial charge < -0.3 is 10.8 Å². The predicted octanol–water partition coefficient (Wildman–Crippen LogP) is 0.428. The van der Waals surface area contributed by atoms with Crippen molar-refractivity contribution < 1.29 is 9.90 Å². The van der Waals surface area contributed by atoms with Gasteiger partial charge in [0.15, 0.2) is 0 Å². The number of nitroso groups, excluding NO2 is 1. The molecule has 0 radical (unpaired) electrons. The third kappa shape index (κ3) is 3.56. The lowest BCUT2D eigenvalue weighted by Gasteiger charge is -2.28. The molecule has 0 aliphatic rings. The number of halogens is 1. The number of rotatable bonds is 5. The summed E-state index contributed by atoms with van der Waals surface area (Å²) in [4.78, 5) is 21.9. The van der Waals surface area contributed by atoms with Gasteiger partial charge in [-0.15, -0.1) is 4.91 Å². The van der Waals surface area contributed by atoms with Gasteiger partial charge in [-0.05, 0) is 18.5 Å². The molecule has 0 bridgehead atoms. The van der Waals surface area contributed by atoms with E-state index < -0.39 is 11.2 Å². The van der Waals surface area contributed by atoms with Crippen LogP contribution in [0.1, 0.15) is 13.3 Å². The topological polar surface area (TPSA) is 96.0 Å². The largest absolute Gasteiger partial charge is 0.396 e. The molecule has 0 saturated heterocycles. The Bertz CT molecular complexity index is 198. The molecule has 2 amide bonds. The highest BCUT2D eigenvalue weighted by Crippen LogP contribution is 2.21. The summed E-state index contributed by atoms with van der Waals surface area (Å²) in [5.41, 5.74) is 4.96. The van der Waals surface area contributed by atoms with Gasteiger partial charge in [-0.3, -0.25) is 4.90 Å². The molecule has 0 heterocycles. The number of amides is 2. The van der Waals surface area contributed by atoms with Crippen LogP contribution in [-0.2, 0) is 0 Å². The third-order valence-corrected chi connectivity index (χ3v) is 1.74. The first-order valence-electron chi connectivity index (χ1n) is 3.67. The minimum absolute atomic E-state index is 0.0948. The van der Waals surface area contributed by atoms with Crippen LogP contribution in [-0.4, -0.2) is 34.3 Å². The fraction of sp³-hybridized carbons (Fsp3) is 0.833. The van der Waals surface area contributed by atoms with Crippen LogP contribution < -0.4 is 5.73 Å². The molecule has 76 valence electrons. The number of alkyl halides is 1. The number of carbonyl (C=O) groups excluding carboxylic acids is 1. The molecule has 0 aliphatic heterocycles. The number of nitrogens with zero attached hydrogens (tertiary/aromatic N) is 2. The maximum atomic E-state index is 10.8. The van der Waals surface area contributed by atoms with Crippen molar-refractivity contribution in [1.29, 1.82) is 0 Å². The number of primary amides is 1. The van der Waals surface area contributed by atoms with E-state index in [0.29, 0.717) is 6.42 Å². The molecule has 0 aromatic carbocycles. The molecule has 13 heavy (non-hydrogen) atoms. The molecule has 0 spiro atoms. The Morgan fingerprint density at radius 2 is 2.31 bits per heavy atom. The fourth-order valence-electron chi connectivity index (χ4n) is 0.793. The lowest BCUT2D eigenvalue weighted by molar-refractivity contribution is 0.166. The second kappa shape index (κ2) is 4.98. The predicted molar refractivity (Wildman–Crippen MR) is 48.0 cm³/mol. The Balaban J connectivity index is 4.41. The Labute approximate surface area is 80.6 Å². The smallest absolute Gasteiger partial charge is 0.317 e. The monoisotopic (exact) mass is 209 g/mol. The maximum Gasteiger partial charge on any atom is 0.317 e. The summed E-state index contributed by atoms with van der Waals surface area (Å²) in [6.45, 7) is 1.23. The number of aliphatic hydroxyl groups excluding tert-OH is 1. The van der Waals surface area contributed by atoms with Crippen molar-refractivity contribution in [1.82, 2.24) is 4.90 Å². The Morgan fingerprint density at radius 3 is 2.62 bits per heavy atom. The zero-order valence-electron chi connectivity index (χ0n) is 7.23. The van der Waals surface area contributed by atoms with E-state index in [0.717, 1.165) is 4.90 Å². The number of urea groups is 1. The SMILES string of the molecule is CC(Cl)(N=O)N(CCCO)C(N)=O. The summed E-state index contributed by atoms with van der Waals surface area (Å²) >= 11 is 5.58. The Morgan fingerprint density at radius 1 is 1.77 bits per heavy atom. The van der Waals surface area contributed by atoms with E-state index in [1.54, 1.807) is 0 Å². The van der Waals surface area contributed by atoms with Crippen molar-refractivity contribution in [3.05, 3.63) is 4.91 Å². The minimum atomic E-state index is -1.68. The molecule has 6 nitrogen and oxygen atoms in total. The first kappa shape index (κ1) is 12.1. The molecule has 0 rings (SSSR count). The van der Waals surface area contributed by atoms with Crippen molar-refractivity contribution in [3.63, 3.8) is 0 Å². The van der Waals surface area contributed by atoms with Crippen molar-refractivity contribution >= 4 is 17.6 Å². The van der Waals surface area contributed by atoms with Gasteiger partial charge in [-0.25, -0.2) is 4.79 Å². The van der Waals surface area contributed by atoms with Gasteiger partial charge in [0, 0.05) is 13.2 Å². The zero-order valence-corrected chi connectivity index (χ0v) is 7.99. The molecular weight excluding hydrogens is 198 g/mol. The second-order valence-electron chi connectivity index (χ2n) is 2.56. The van der Waals surface area contributed by atoms with Crippen LogP contribution in [0.4, 0.5) is 4.79 Å². The van der Waals surface area contributed by atoms with E-state index in [1.165, 1.54) is 6.92 Å². The van der Waals surface area contributed by atoms with E-state index in [1.807, 2.05) is 0 Å². The molecule has 3 N–H and O–H groups in total. The van der Waals surface area contributed by atoms with Gasteiger partial charge in [0.1, 0.15) is 0 Å². The maximum absolute atomic E-state index is 10.8. The highest BCUT2D eigenvalue weighted by molar-refractivity contribution is 6.24. The fourth-order valence-corrected chi connectivity index (χ4v) is 0.961. The Hall–Kier alpha value is -0.880. The van der Waals surface area contributed by atoms with Crippen LogP contribution in [0.25, 0.3) is 0 Å². The van der Waals surface area contributed by atoms with Crippen LogP contribution in [0.5, 0.6) is 0 Å². The van der Waals surface area contributed by atoms with Crippen LogP contribution in [0.15, 0.2) is 5.18 Å². The van der Waals surface area contributed by atoms with E-state index in [4.69, 9.17) is 22.4 Å². The number of nitrogens with two attached hydrogens (primary N) is 1. The summed E-state index contributed by atoms with van der Waals surface area (Å²) in [6.07, 6.45) is 0.292. The molecular formula is C6H12ClN3O3. The van der Waals surface area contributed by atoms with Crippen molar-refractivity contribution in [2.24, 2.45) is 10.9 Å². The van der Waals surface area contributed by atoms with Gasteiger partial charge in [0.05, 0.1) is 0 Å². The van der Waals surface area contributed by atoms with Crippen LogP contribution in [0, 0.1) is 4.91 Å². The highest BCUT2D eigenvalue weighted by Gasteiger charge is 2.32. The normalized spacial score (nSPS) is 14.7. The first-order valence-corrected chi connectivity index (χ1v) is 4.05. The lowest BCUT2D eigenvalue weighted by Crippen LogP contribution is -2.48. The summed E-state index contributed by atoms with van der Waals surface area (Å²) in [7, 11) is 0. The molecule has 0 aromatic rings. The van der Waals surface area contributed by atoms with Gasteiger partial charge in [-0.1, -0.05) is 11.6 Å². The number of carbonyl (C=O) groups is 1. The second-order valence-corrected chi connectivity index (χ2v) is 3.28. The van der Waals surface area contributed by atoms with Crippen molar-refractivity contribution in [2.75, 3.05) is 13.2 Å². The van der Waals surface area contributed by atoms with Crippen LogP contribution in [0.2, 0.25) is 0 Å². The zero-order chi connectivity index (χ0) is 10.5. The van der Waals surface area contributed by atoms with E-state index in [9.17, 15) is 9.70 Å². The van der Waals surface area contributed by atoms with Gasteiger partial charge >= 0.3 is 6.03 Å². The third-order valence-electron chi connectivity index (χ3n) is 1.47. The average molecular weight is 210 g/mol. The summed E-state index contributed by atoms with van der Waals surface area (Å²) in [6, 6.07) is -0.842. The molecule has 1 atom stereocenters. The molecule has 1 unspecified atom stereocenters. The standard InChI is InChI=1S/C6H12ClN3O3/c1-6(7,9-13)10(5(8)12)3-2-4-11/h11H,2-4H2,1H3,(H2,8,12). The van der Waals surface area contributed by atoms with Crippen LogP contribution >= 0.6 is 11.6 Å². The van der Waals surface area contributed by atoms with Crippen LogP contribution in [0.3, 0.4) is 0 Å². The summed E-state index contributed by atoms with van der Waals surface area (Å²) in [5, 5.41) is 9.38. The Kier molecular flexibility index (Phi) is 4.64. The summed E-state index contributed by atoms with van der Waals surface area (Å²) in [5.74, 6) is 0. The van der Waals surface area contributed by atoms with E-state index in [2.05, 4.69) is 5.18 Å². The lowest BCUT2D eigenvalue weighted by atomic mass is 10.4. The first-order chi connectivity index (χ1) is 5.95. The molecule has 0 saturated carbocycles. The summed E-state index contributed by atoms with van der Waals surface area (Å²) < 4.78 is 0. The highest BCUT2D eigenvalue weighted by atomic mass is 35.5. The molecule has 0 aliphatic carbocycles.